The Labute approximate surface area is 97.9 Å². The smallest absolute Gasteiger partial charge is 0.119 e. The van der Waals surface area contributed by atoms with Crippen molar-refractivity contribution in [3.05, 3.63) is 42.5 Å². The van der Waals surface area contributed by atoms with E-state index in [2.05, 4.69) is 25.6 Å². The number of aryl methyl sites for hydroxylation is 1. The van der Waals surface area contributed by atoms with E-state index in [1.54, 1.807) is 0 Å². The van der Waals surface area contributed by atoms with E-state index in [-0.39, 0.29) is 0 Å². The van der Waals surface area contributed by atoms with Crippen LogP contribution in [0.1, 0.15) is 18.9 Å². The maximum Gasteiger partial charge on any atom is 0.119 e. The van der Waals surface area contributed by atoms with Crippen LogP contribution in [0.15, 0.2) is 36.9 Å². The summed E-state index contributed by atoms with van der Waals surface area (Å²) in [6.07, 6.45) is 3.81. The van der Waals surface area contributed by atoms with E-state index in [0.29, 0.717) is 13.2 Å². The molecular formula is C14H20O2. The first kappa shape index (κ1) is 12.8. The van der Waals surface area contributed by atoms with Crippen LogP contribution in [0.2, 0.25) is 0 Å². The van der Waals surface area contributed by atoms with Crippen LogP contribution >= 0.6 is 0 Å². The molecule has 0 atom stereocenters. The minimum absolute atomic E-state index is 0.600. The largest absolute Gasteiger partial charge is 0.491 e. The van der Waals surface area contributed by atoms with Crippen LogP contribution in [0.25, 0.3) is 0 Å². The summed E-state index contributed by atoms with van der Waals surface area (Å²) in [5.74, 6) is 0.907. The molecule has 0 bridgehead atoms. The van der Waals surface area contributed by atoms with Crippen molar-refractivity contribution < 1.29 is 9.47 Å². The third-order valence-corrected chi connectivity index (χ3v) is 2.29. The third-order valence-electron chi connectivity index (χ3n) is 2.29. The molecule has 0 radical (unpaired) electrons. The Bertz CT molecular complexity index is 290. The molecule has 0 aliphatic heterocycles. The number of hydrogen-bond acceptors (Lipinski definition) is 2. The number of benzene rings is 1. The Hall–Kier alpha value is -1.28. The highest BCUT2D eigenvalue weighted by atomic mass is 16.5. The van der Waals surface area contributed by atoms with Crippen molar-refractivity contribution in [3.8, 4) is 5.75 Å². The number of rotatable bonds is 8. The lowest BCUT2D eigenvalue weighted by molar-refractivity contribution is 0.103. The molecule has 0 aliphatic carbocycles. The SMILES string of the molecule is C=CCCOCCOc1ccc(CC)cc1. The molecule has 1 aromatic carbocycles. The molecule has 0 unspecified atom stereocenters. The quantitative estimate of drug-likeness (QED) is 0.494. The Morgan fingerprint density at radius 2 is 1.88 bits per heavy atom. The summed E-state index contributed by atoms with van der Waals surface area (Å²) >= 11 is 0. The van der Waals surface area contributed by atoms with Gasteiger partial charge in [0.15, 0.2) is 0 Å². The topological polar surface area (TPSA) is 18.5 Å². The van der Waals surface area contributed by atoms with Gasteiger partial charge in [-0.25, -0.2) is 0 Å². The molecule has 16 heavy (non-hydrogen) atoms. The first-order valence-electron chi connectivity index (χ1n) is 5.77. The highest BCUT2D eigenvalue weighted by Gasteiger charge is 1.94. The van der Waals surface area contributed by atoms with E-state index < -0.39 is 0 Å². The minimum Gasteiger partial charge on any atom is -0.491 e. The van der Waals surface area contributed by atoms with Crippen molar-refractivity contribution in [2.45, 2.75) is 19.8 Å². The van der Waals surface area contributed by atoms with E-state index >= 15 is 0 Å². The fourth-order valence-electron chi connectivity index (χ4n) is 1.31. The van der Waals surface area contributed by atoms with Crippen LogP contribution in [-0.4, -0.2) is 19.8 Å². The first-order chi connectivity index (χ1) is 7.86. The fraction of sp³-hybridized carbons (Fsp3) is 0.429. The lowest BCUT2D eigenvalue weighted by Crippen LogP contribution is -2.07. The average Bonchev–Trinajstić information content (AvgIpc) is 2.34. The summed E-state index contributed by atoms with van der Waals surface area (Å²) in [5, 5.41) is 0. The van der Waals surface area contributed by atoms with Gasteiger partial charge in [0.2, 0.25) is 0 Å². The molecule has 0 amide bonds. The molecule has 88 valence electrons. The molecular weight excluding hydrogens is 200 g/mol. The molecule has 2 heteroatoms. The van der Waals surface area contributed by atoms with Crippen molar-refractivity contribution in [3.63, 3.8) is 0 Å². The van der Waals surface area contributed by atoms with Gasteiger partial charge in [-0.15, -0.1) is 6.58 Å². The molecule has 0 fully saturated rings. The summed E-state index contributed by atoms with van der Waals surface area (Å²) in [4.78, 5) is 0. The van der Waals surface area contributed by atoms with Crippen LogP contribution in [0, 0.1) is 0 Å². The highest BCUT2D eigenvalue weighted by molar-refractivity contribution is 5.27. The van der Waals surface area contributed by atoms with E-state index in [0.717, 1.165) is 25.2 Å². The van der Waals surface area contributed by atoms with Crippen LogP contribution in [0.5, 0.6) is 5.75 Å². The Morgan fingerprint density at radius 1 is 1.12 bits per heavy atom. The van der Waals surface area contributed by atoms with Gasteiger partial charge in [0.1, 0.15) is 12.4 Å². The average molecular weight is 220 g/mol. The summed E-state index contributed by atoms with van der Waals surface area (Å²) < 4.78 is 10.9. The number of ether oxygens (including phenoxy) is 2. The van der Waals surface area contributed by atoms with Crippen LogP contribution in [0.4, 0.5) is 0 Å². The van der Waals surface area contributed by atoms with Gasteiger partial charge in [0.05, 0.1) is 13.2 Å². The third kappa shape index (κ3) is 4.99. The summed E-state index contributed by atoms with van der Waals surface area (Å²) in [6, 6.07) is 8.19. The van der Waals surface area contributed by atoms with Crippen molar-refractivity contribution in [2.75, 3.05) is 19.8 Å². The van der Waals surface area contributed by atoms with Crippen molar-refractivity contribution >= 4 is 0 Å². The predicted molar refractivity (Wildman–Crippen MR) is 66.9 cm³/mol. The lowest BCUT2D eigenvalue weighted by Gasteiger charge is -2.07. The molecule has 0 heterocycles. The second-order valence-electron chi connectivity index (χ2n) is 3.54. The molecule has 0 aromatic heterocycles. The Kier molecular flexibility index (Phi) is 6.35. The normalized spacial score (nSPS) is 10.1. The maximum atomic E-state index is 5.53. The van der Waals surface area contributed by atoms with Crippen LogP contribution in [0.3, 0.4) is 0 Å². The summed E-state index contributed by atoms with van der Waals surface area (Å²) in [7, 11) is 0. The molecule has 0 saturated heterocycles. The first-order valence-corrected chi connectivity index (χ1v) is 5.77. The Balaban J connectivity index is 2.14. The summed E-state index contributed by atoms with van der Waals surface area (Å²) in [5.41, 5.74) is 1.33. The lowest BCUT2D eigenvalue weighted by atomic mass is 10.2. The highest BCUT2D eigenvalue weighted by Crippen LogP contribution is 2.12. The van der Waals surface area contributed by atoms with Crippen molar-refractivity contribution in [1.29, 1.82) is 0 Å². The van der Waals surface area contributed by atoms with E-state index in [9.17, 15) is 0 Å². The maximum absolute atomic E-state index is 5.53. The van der Waals surface area contributed by atoms with Gasteiger partial charge >= 0.3 is 0 Å². The molecule has 0 aliphatic rings. The molecule has 2 nitrogen and oxygen atoms in total. The predicted octanol–water partition coefficient (Wildman–Crippen LogP) is 3.22. The monoisotopic (exact) mass is 220 g/mol. The number of hydrogen-bond donors (Lipinski definition) is 0. The van der Waals surface area contributed by atoms with E-state index in [1.807, 2.05) is 18.2 Å². The van der Waals surface area contributed by atoms with Crippen LogP contribution in [-0.2, 0) is 11.2 Å². The van der Waals surface area contributed by atoms with E-state index in [4.69, 9.17) is 9.47 Å². The zero-order valence-corrected chi connectivity index (χ0v) is 9.95. The van der Waals surface area contributed by atoms with Crippen LogP contribution < -0.4 is 4.74 Å². The van der Waals surface area contributed by atoms with Gasteiger partial charge < -0.3 is 9.47 Å². The molecule has 1 rings (SSSR count). The molecule has 0 spiro atoms. The standard InChI is InChI=1S/C14H20O2/c1-3-5-10-15-11-12-16-14-8-6-13(4-2)7-9-14/h3,6-9H,1,4-5,10-12H2,2H3. The van der Waals surface area contributed by atoms with Gasteiger partial charge in [-0.3, -0.25) is 0 Å². The van der Waals surface area contributed by atoms with Gasteiger partial charge in [0, 0.05) is 0 Å². The van der Waals surface area contributed by atoms with E-state index in [1.165, 1.54) is 5.56 Å². The van der Waals surface area contributed by atoms with Gasteiger partial charge in [-0.1, -0.05) is 25.1 Å². The second kappa shape index (κ2) is 7.94. The van der Waals surface area contributed by atoms with Gasteiger partial charge in [-0.2, -0.15) is 0 Å². The zero-order chi connectivity index (χ0) is 11.6. The molecule has 1 aromatic rings. The molecule has 0 saturated carbocycles. The zero-order valence-electron chi connectivity index (χ0n) is 9.95. The van der Waals surface area contributed by atoms with Crippen molar-refractivity contribution in [1.82, 2.24) is 0 Å². The molecule has 0 N–H and O–H groups in total. The fourth-order valence-corrected chi connectivity index (χ4v) is 1.31. The van der Waals surface area contributed by atoms with Gasteiger partial charge in [-0.05, 0) is 30.5 Å². The van der Waals surface area contributed by atoms with Crippen molar-refractivity contribution in [2.24, 2.45) is 0 Å². The summed E-state index contributed by atoms with van der Waals surface area (Å²) in [6.45, 7) is 7.73. The second-order valence-corrected chi connectivity index (χ2v) is 3.54. The van der Waals surface area contributed by atoms with Gasteiger partial charge in [0.25, 0.3) is 0 Å². The minimum atomic E-state index is 0.600. The Morgan fingerprint density at radius 3 is 2.50 bits per heavy atom.